The lowest BCUT2D eigenvalue weighted by Crippen LogP contribution is -2.24. The molecule has 22 heavy (non-hydrogen) atoms. The van der Waals surface area contributed by atoms with Crippen LogP contribution >= 0.6 is 23.4 Å². The van der Waals surface area contributed by atoms with E-state index in [0.717, 1.165) is 16.5 Å². The molecule has 0 aromatic heterocycles. The number of aryl methyl sites for hydroxylation is 1. The number of hydrogen-bond acceptors (Lipinski definition) is 3. The van der Waals surface area contributed by atoms with Crippen molar-refractivity contribution in [3.63, 3.8) is 0 Å². The molecule has 0 saturated heterocycles. The fraction of sp³-hybridized carbons (Fsp3) is 0.333. The zero-order valence-electron chi connectivity index (χ0n) is 12.9. The molecule has 1 unspecified atom stereocenters. The summed E-state index contributed by atoms with van der Waals surface area (Å²) >= 11 is 7.65. The molecule has 2 nitrogen and oxygen atoms in total. The van der Waals surface area contributed by atoms with E-state index in [-0.39, 0.29) is 6.10 Å². The molecule has 2 aromatic carbocycles. The fourth-order valence-electron chi connectivity index (χ4n) is 1.92. The van der Waals surface area contributed by atoms with E-state index in [1.807, 2.05) is 55.5 Å². The number of rotatable bonds is 8. The highest BCUT2D eigenvalue weighted by molar-refractivity contribution is 7.99. The highest BCUT2D eigenvalue weighted by Gasteiger charge is 2.10. The Morgan fingerprint density at radius 1 is 1.05 bits per heavy atom. The van der Waals surface area contributed by atoms with Gasteiger partial charge in [-0.1, -0.05) is 29.3 Å². The van der Waals surface area contributed by atoms with Crippen LogP contribution in [0.4, 0.5) is 0 Å². The Bertz CT molecular complexity index is 505. The molecule has 0 N–H and O–H groups in total. The predicted molar refractivity (Wildman–Crippen MR) is 94.3 cm³/mol. The SMILES string of the molecule is CCOC(COc1ccc(C)cc1)CSc1ccc(Cl)cc1. The first kappa shape index (κ1) is 17.2. The first-order valence-corrected chi connectivity index (χ1v) is 8.73. The fourth-order valence-corrected chi connectivity index (χ4v) is 2.95. The van der Waals surface area contributed by atoms with Crippen LogP contribution in [0, 0.1) is 6.92 Å². The molecule has 118 valence electrons. The lowest BCUT2D eigenvalue weighted by molar-refractivity contribution is 0.0433. The minimum Gasteiger partial charge on any atom is -0.491 e. The third kappa shape index (κ3) is 5.91. The second-order valence-electron chi connectivity index (χ2n) is 4.97. The molecule has 2 rings (SSSR count). The molecule has 0 bridgehead atoms. The Kier molecular flexibility index (Phi) is 7.10. The van der Waals surface area contributed by atoms with Crippen molar-refractivity contribution < 1.29 is 9.47 Å². The van der Waals surface area contributed by atoms with Crippen LogP contribution in [0.15, 0.2) is 53.4 Å². The van der Waals surface area contributed by atoms with Gasteiger partial charge >= 0.3 is 0 Å². The summed E-state index contributed by atoms with van der Waals surface area (Å²) in [6, 6.07) is 15.9. The second-order valence-corrected chi connectivity index (χ2v) is 6.50. The maximum absolute atomic E-state index is 5.90. The zero-order valence-corrected chi connectivity index (χ0v) is 14.5. The van der Waals surface area contributed by atoms with Gasteiger partial charge in [0.2, 0.25) is 0 Å². The number of ether oxygens (including phenoxy) is 2. The Balaban J connectivity index is 1.83. The maximum atomic E-state index is 5.90. The van der Waals surface area contributed by atoms with E-state index in [2.05, 4.69) is 6.92 Å². The Hall–Kier alpha value is -1.16. The van der Waals surface area contributed by atoms with Gasteiger partial charge in [0.1, 0.15) is 18.5 Å². The van der Waals surface area contributed by atoms with E-state index in [4.69, 9.17) is 21.1 Å². The first-order valence-electron chi connectivity index (χ1n) is 7.37. The summed E-state index contributed by atoms with van der Waals surface area (Å²) in [4.78, 5) is 1.18. The molecule has 0 radical (unpaired) electrons. The van der Waals surface area contributed by atoms with Gasteiger partial charge in [-0.2, -0.15) is 0 Å². The van der Waals surface area contributed by atoms with Gasteiger partial charge in [-0.25, -0.2) is 0 Å². The molecule has 2 aromatic rings. The summed E-state index contributed by atoms with van der Waals surface area (Å²) in [5, 5.41) is 0.758. The summed E-state index contributed by atoms with van der Waals surface area (Å²) in [6.07, 6.45) is 0.0620. The van der Waals surface area contributed by atoms with Gasteiger partial charge in [-0.05, 0) is 50.2 Å². The molecular formula is C18H21ClO2S. The highest BCUT2D eigenvalue weighted by atomic mass is 35.5. The van der Waals surface area contributed by atoms with Crippen LogP contribution < -0.4 is 4.74 Å². The molecule has 0 saturated carbocycles. The minimum absolute atomic E-state index is 0.0620. The van der Waals surface area contributed by atoms with Crippen molar-refractivity contribution in [1.82, 2.24) is 0 Å². The zero-order chi connectivity index (χ0) is 15.8. The number of halogens is 1. The van der Waals surface area contributed by atoms with Crippen LogP contribution in [0.1, 0.15) is 12.5 Å². The van der Waals surface area contributed by atoms with Crippen LogP contribution in [0.3, 0.4) is 0 Å². The molecule has 0 heterocycles. The summed E-state index contributed by atoms with van der Waals surface area (Å²) in [7, 11) is 0. The Morgan fingerprint density at radius 3 is 2.36 bits per heavy atom. The van der Waals surface area contributed by atoms with Crippen molar-refractivity contribution in [2.75, 3.05) is 19.0 Å². The van der Waals surface area contributed by atoms with Gasteiger partial charge in [-0.3, -0.25) is 0 Å². The van der Waals surface area contributed by atoms with E-state index < -0.39 is 0 Å². The highest BCUT2D eigenvalue weighted by Crippen LogP contribution is 2.22. The monoisotopic (exact) mass is 336 g/mol. The molecule has 0 spiro atoms. The average molecular weight is 337 g/mol. The quantitative estimate of drug-likeness (QED) is 0.615. The summed E-state index contributed by atoms with van der Waals surface area (Å²) in [5.41, 5.74) is 1.23. The third-order valence-electron chi connectivity index (χ3n) is 3.11. The normalized spacial score (nSPS) is 12.1. The van der Waals surface area contributed by atoms with Crippen LogP contribution in [0.5, 0.6) is 5.75 Å². The summed E-state index contributed by atoms with van der Waals surface area (Å²) in [6.45, 7) is 5.31. The predicted octanol–water partition coefficient (Wildman–Crippen LogP) is 5.22. The largest absolute Gasteiger partial charge is 0.491 e. The molecule has 4 heteroatoms. The minimum atomic E-state index is 0.0620. The maximum Gasteiger partial charge on any atom is 0.119 e. The van der Waals surface area contributed by atoms with E-state index in [1.54, 1.807) is 11.8 Å². The number of benzene rings is 2. The molecular weight excluding hydrogens is 316 g/mol. The lowest BCUT2D eigenvalue weighted by atomic mass is 10.2. The topological polar surface area (TPSA) is 18.5 Å². The van der Waals surface area contributed by atoms with E-state index in [1.165, 1.54) is 10.5 Å². The molecule has 0 aliphatic carbocycles. The van der Waals surface area contributed by atoms with Gasteiger partial charge < -0.3 is 9.47 Å². The average Bonchev–Trinajstić information content (AvgIpc) is 2.53. The molecule has 1 atom stereocenters. The molecule has 0 amide bonds. The van der Waals surface area contributed by atoms with E-state index in [9.17, 15) is 0 Å². The van der Waals surface area contributed by atoms with Gasteiger partial charge in [0.05, 0.1) is 0 Å². The number of thioether (sulfide) groups is 1. The Labute approximate surface area is 141 Å². The first-order chi connectivity index (χ1) is 10.7. The van der Waals surface area contributed by atoms with Crippen molar-refractivity contribution in [2.45, 2.75) is 24.8 Å². The van der Waals surface area contributed by atoms with E-state index in [0.29, 0.717) is 13.2 Å². The standard InChI is InChI=1S/C18H21ClO2S/c1-3-20-17(12-21-16-8-4-14(2)5-9-16)13-22-18-10-6-15(19)7-11-18/h4-11,17H,3,12-13H2,1-2H3. The molecule has 0 fully saturated rings. The second kappa shape index (κ2) is 9.09. The van der Waals surface area contributed by atoms with Crippen LogP contribution in [0.25, 0.3) is 0 Å². The number of hydrogen-bond donors (Lipinski definition) is 0. The van der Waals surface area contributed by atoms with Crippen molar-refractivity contribution in [2.24, 2.45) is 0 Å². The van der Waals surface area contributed by atoms with Gasteiger partial charge in [0, 0.05) is 22.3 Å². The summed E-state index contributed by atoms with van der Waals surface area (Å²) < 4.78 is 11.6. The van der Waals surface area contributed by atoms with Crippen molar-refractivity contribution >= 4 is 23.4 Å². The Morgan fingerprint density at radius 2 is 1.73 bits per heavy atom. The van der Waals surface area contributed by atoms with E-state index >= 15 is 0 Å². The third-order valence-corrected chi connectivity index (χ3v) is 4.50. The van der Waals surface area contributed by atoms with Gasteiger partial charge in [0.15, 0.2) is 0 Å². The van der Waals surface area contributed by atoms with Gasteiger partial charge in [0.25, 0.3) is 0 Å². The van der Waals surface area contributed by atoms with Crippen LogP contribution in [0.2, 0.25) is 5.02 Å². The van der Waals surface area contributed by atoms with Crippen molar-refractivity contribution in [1.29, 1.82) is 0 Å². The van der Waals surface area contributed by atoms with Crippen molar-refractivity contribution in [3.05, 3.63) is 59.1 Å². The smallest absolute Gasteiger partial charge is 0.119 e. The molecule has 0 aliphatic rings. The molecule has 0 aliphatic heterocycles. The van der Waals surface area contributed by atoms with Crippen molar-refractivity contribution in [3.8, 4) is 5.75 Å². The van der Waals surface area contributed by atoms with Crippen LogP contribution in [-0.2, 0) is 4.74 Å². The lowest BCUT2D eigenvalue weighted by Gasteiger charge is -2.17. The van der Waals surface area contributed by atoms with Gasteiger partial charge in [-0.15, -0.1) is 11.8 Å². The summed E-state index contributed by atoms with van der Waals surface area (Å²) in [5.74, 6) is 1.73. The van der Waals surface area contributed by atoms with Crippen LogP contribution in [-0.4, -0.2) is 25.1 Å².